The van der Waals surface area contributed by atoms with Gasteiger partial charge in [0.1, 0.15) is 0 Å². The van der Waals surface area contributed by atoms with E-state index in [-0.39, 0.29) is 18.1 Å². The highest BCUT2D eigenvalue weighted by Gasteiger charge is 2.30. The van der Waals surface area contributed by atoms with Crippen LogP contribution < -0.4 is 5.32 Å². The lowest BCUT2D eigenvalue weighted by atomic mass is 10.0. The smallest absolute Gasteiger partial charge is 0.308 e. The van der Waals surface area contributed by atoms with Gasteiger partial charge in [-0.25, -0.2) is 0 Å². The van der Waals surface area contributed by atoms with Gasteiger partial charge in [-0.3, -0.25) is 14.4 Å². The van der Waals surface area contributed by atoms with Gasteiger partial charge in [-0.2, -0.15) is 0 Å². The molecule has 0 fully saturated rings. The molecule has 1 amide bonds. The van der Waals surface area contributed by atoms with Gasteiger partial charge in [-0.1, -0.05) is 24.3 Å². The van der Waals surface area contributed by atoms with E-state index >= 15 is 0 Å². The Balaban J connectivity index is 1.61. The van der Waals surface area contributed by atoms with E-state index in [0.29, 0.717) is 5.56 Å². The minimum atomic E-state index is -0.899. The topological polar surface area (TPSA) is 72.5 Å². The second-order valence-electron chi connectivity index (χ2n) is 6.59. The fourth-order valence-electron chi connectivity index (χ4n) is 2.81. The lowest BCUT2D eigenvalue weighted by molar-refractivity contribution is -0.147. The van der Waals surface area contributed by atoms with Gasteiger partial charge in [0.15, 0.2) is 6.10 Å². The number of Topliss-reactive ketones (excluding diaryl/α,β-unsaturated/α-hetero) is 1. The van der Waals surface area contributed by atoms with Crippen molar-refractivity contribution in [1.29, 1.82) is 0 Å². The highest BCUT2D eigenvalue weighted by atomic mass is 32.2. The monoisotopic (exact) mass is 383 g/mol. The van der Waals surface area contributed by atoms with Gasteiger partial charge in [0.05, 0.1) is 17.4 Å². The summed E-state index contributed by atoms with van der Waals surface area (Å²) in [6.07, 6.45) is -0.987. The fourth-order valence-corrected chi connectivity index (χ4v) is 3.90. The average Bonchev–Trinajstić information content (AvgIpc) is 2.64. The molecule has 0 saturated carbocycles. The van der Waals surface area contributed by atoms with Crippen molar-refractivity contribution >= 4 is 35.1 Å². The third kappa shape index (κ3) is 4.39. The number of ether oxygens (including phenoxy) is 1. The van der Waals surface area contributed by atoms with Gasteiger partial charge >= 0.3 is 5.97 Å². The van der Waals surface area contributed by atoms with Crippen molar-refractivity contribution in [2.45, 2.75) is 43.4 Å². The van der Waals surface area contributed by atoms with E-state index in [9.17, 15) is 14.4 Å². The van der Waals surface area contributed by atoms with Crippen molar-refractivity contribution in [2.24, 2.45) is 0 Å². The number of amides is 1. The Labute approximate surface area is 162 Å². The van der Waals surface area contributed by atoms with Crippen molar-refractivity contribution in [3.05, 3.63) is 59.2 Å². The highest BCUT2D eigenvalue weighted by Crippen LogP contribution is 2.36. The predicted octanol–water partition coefficient (Wildman–Crippen LogP) is 3.92. The number of hydrogen-bond acceptors (Lipinski definition) is 5. The first-order chi connectivity index (χ1) is 12.8. The average molecular weight is 383 g/mol. The molecule has 1 aliphatic heterocycles. The Hall–Kier alpha value is -2.60. The number of ketones is 1. The number of thioether (sulfide) groups is 1. The van der Waals surface area contributed by atoms with Crippen molar-refractivity contribution in [3.8, 4) is 0 Å². The number of aryl methyl sites for hydroxylation is 2. The maximum Gasteiger partial charge on any atom is 0.308 e. The van der Waals surface area contributed by atoms with Crippen LogP contribution in [0.25, 0.3) is 0 Å². The quantitative estimate of drug-likeness (QED) is 0.626. The van der Waals surface area contributed by atoms with E-state index in [1.807, 2.05) is 44.2 Å². The Kier molecular flexibility index (Phi) is 5.65. The third-order valence-corrected chi connectivity index (χ3v) is 5.80. The number of rotatable bonds is 5. The molecule has 0 aromatic heterocycles. The minimum absolute atomic E-state index is 0.0879. The standard InChI is InChI=1S/C21H21NO4S/c1-12-8-9-15(10-13(12)2)20(24)14(3)26-19(23)11-18-21(25)22-16-6-4-5-7-17(16)27-18/h4-10,14,18H,11H2,1-3H3,(H,22,25)/t14-,18+/m1/s1. The summed E-state index contributed by atoms with van der Waals surface area (Å²) in [4.78, 5) is 37.9. The molecular weight excluding hydrogens is 362 g/mol. The lowest BCUT2D eigenvalue weighted by Gasteiger charge is -2.23. The predicted molar refractivity (Wildman–Crippen MR) is 105 cm³/mol. The van der Waals surface area contributed by atoms with Crippen LogP contribution in [0.15, 0.2) is 47.4 Å². The van der Waals surface area contributed by atoms with Gasteiger partial charge in [0.2, 0.25) is 11.7 Å². The van der Waals surface area contributed by atoms with E-state index < -0.39 is 17.3 Å². The minimum Gasteiger partial charge on any atom is -0.454 e. The molecule has 5 nitrogen and oxygen atoms in total. The van der Waals surface area contributed by atoms with Crippen molar-refractivity contribution in [2.75, 3.05) is 5.32 Å². The summed E-state index contributed by atoms with van der Waals surface area (Å²) in [5.41, 5.74) is 3.36. The number of esters is 1. The van der Waals surface area contributed by atoms with Gasteiger partial charge in [-0.15, -0.1) is 11.8 Å². The molecule has 6 heteroatoms. The zero-order chi connectivity index (χ0) is 19.6. The first-order valence-corrected chi connectivity index (χ1v) is 9.60. The summed E-state index contributed by atoms with van der Waals surface area (Å²) in [5, 5.41) is 2.22. The van der Waals surface area contributed by atoms with Crippen molar-refractivity contribution in [3.63, 3.8) is 0 Å². The van der Waals surface area contributed by atoms with Gasteiger partial charge < -0.3 is 10.1 Å². The largest absolute Gasteiger partial charge is 0.454 e. The summed E-state index contributed by atoms with van der Waals surface area (Å²) < 4.78 is 5.29. The fraction of sp³-hybridized carbons (Fsp3) is 0.286. The summed E-state index contributed by atoms with van der Waals surface area (Å²) in [6, 6.07) is 12.8. The van der Waals surface area contributed by atoms with Crippen LogP contribution in [-0.2, 0) is 14.3 Å². The first kappa shape index (κ1) is 19.2. The molecule has 2 atom stereocenters. The Morgan fingerprint density at radius 2 is 1.89 bits per heavy atom. The summed E-state index contributed by atoms with van der Waals surface area (Å²) in [7, 11) is 0. The van der Waals surface area contributed by atoms with Gasteiger partial charge in [-0.05, 0) is 50.1 Å². The molecule has 0 spiro atoms. The Morgan fingerprint density at radius 3 is 2.63 bits per heavy atom. The summed E-state index contributed by atoms with van der Waals surface area (Å²) >= 11 is 1.33. The molecule has 0 radical (unpaired) electrons. The van der Waals surface area contributed by atoms with E-state index in [1.54, 1.807) is 19.1 Å². The molecule has 1 N–H and O–H groups in total. The maximum absolute atomic E-state index is 12.5. The van der Waals surface area contributed by atoms with E-state index in [4.69, 9.17) is 4.74 Å². The van der Waals surface area contributed by atoms with Gasteiger partial charge in [0.25, 0.3) is 0 Å². The van der Waals surface area contributed by atoms with E-state index in [0.717, 1.165) is 21.7 Å². The number of nitrogens with one attached hydrogen (secondary N) is 1. The van der Waals surface area contributed by atoms with Crippen LogP contribution in [0.3, 0.4) is 0 Å². The number of carbonyl (C=O) groups is 3. The molecule has 0 bridgehead atoms. The summed E-state index contributed by atoms with van der Waals surface area (Å²) in [6.45, 7) is 5.45. The number of fused-ring (bicyclic) bond motifs is 1. The molecule has 1 heterocycles. The third-order valence-electron chi connectivity index (χ3n) is 4.53. The number of carbonyl (C=O) groups excluding carboxylic acids is 3. The molecule has 0 aliphatic carbocycles. The second-order valence-corrected chi connectivity index (χ2v) is 7.84. The molecule has 1 aliphatic rings. The van der Waals surface area contributed by atoms with Crippen LogP contribution in [0.4, 0.5) is 5.69 Å². The normalized spacial score (nSPS) is 16.9. The van der Waals surface area contributed by atoms with Crippen LogP contribution in [0.5, 0.6) is 0 Å². The number of anilines is 1. The Morgan fingerprint density at radius 1 is 1.15 bits per heavy atom. The van der Waals surface area contributed by atoms with Crippen LogP contribution in [0, 0.1) is 13.8 Å². The van der Waals surface area contributed by atoms with Crippen LogP contribution in [-0.4, -0.2) is 29.0 Å². The molecule has 3 rings (SSSR count). The zero-order valence-electron chi connectivity index (χ0n) is 15.4. The number of hydrogen-bond donors (Lipinski definition) is 1. The van der Waals surface area contributed by atoms with Crippen LogP contribution in [0.2, 0.25) is 0 Å². The molecular formula is C21H21NO4S. The first-order valence-electron chi connectivity index (χ1n) is 8.72. The van der Waals surface area contributed by atoms with Gasteiger partial charge in [0, 0.05) is 10.5 Å². The van der Waals surface area contributed by atoms with Crippen LogP contribution >= 0.6 is 11.8 Å². The lowest BCUT2D eigenvalue weighted by Crippen LogP contribution is -2.33. The molecule has 2 aromatic rings. The molecule has 0 unspecified atom stereocenters. The second kappa shape index (κ2) is 7.96. The molecule has 140 valence electrons. The maximum atomic E-state index is 12.5. The summed E-state index contributed by atoms with van der Waals surface area (Å²) in [5.74, 6) is -1.05. The Bertz CT molecular complexity index is 909. The molecule has 2 aromatic carbocycles. The van der Waals surface area contributed by atoms with Crippen LogP contribution in [0.1, 0.15) is 34.8 Å². The van der Waals surface area contributed by atoms with Crippen molar-refractivity contribution < 1.29 is 19.1 Å². The highest BCUT2D eigenvalue weighted by molar-refractivity contribution is 8.01. The molecule has 27 heavy (non-hydrogen) atoms. The zero-order valence-corrected chi connectivity index (χ0v) is 16.3. The van der Waals surface area contributed by atoms with E-state index in [1.165, 1.54) is 11.8 Å². The molecule has 0 saturated heterocycles. The van der Waals surface area contributed by atoms with Crippen molar-refractivity contribution in [1.82, 2.24) is 0 Å². The SMILES string of the molecule is Cc1ccc(C(=O)[C@@H](C)OC(=O)C[C@@H]2Sc3ccccc3NC2=O)cc1C. The number of benzene rings is 2. The number of para-hydroxylation sites is 1. The van der Waals surface area contributed by atoms with E-state index in [2.05, 4.69) is 5.32 Å².